The quantitative estimate of drug-likeness (QED) is 0.365. The first kappa shape index (κ1) is 19.2. The van der Waals surface area contributed by atoms with Crippen LogP contribution >= 0.6 is 0 Å². The third-order valence-corrected chi connectivity index (χ3v) is 4.43. The van der Waals surface area contributed by atoms with Crippen LogP contribution in [-0.4, -0.2) is 51.9 Å². The van der Waals surface area contributed by atoms with Crippen LogP contribution < -0.4 is 16.0 Å². The number of guanidine groups is 1. The number of ether oxygens (including phenoxy) is 1. The average Bonchev–Trinajstić information content (AvgIpc) is 2.92. The Morgan fingerprint density at radius 1 is 1.14 bits per heavy atom. The summed E-state index contributed by atoms with van der Waals surface area (Å²) in [6.45, 7) is 10.2. The molecule has 0 unspecified atom stereocenters. The van der Waals surface area contributed by atoms with Gasteiger partial charge in [-0.2, -0.15) is 0 Å². The predicted octanol–water partition coefficient (Wildman–Crippen LogP) is 2.14. The number of nitrogens with zero attached hydrogens (tertiary/aromatic N) is 1. The van der Waals surface area contributed by atoms with Crippen molar-refractivity contribution in [2.24, 2.45) is 10.4 Å². The molecule has 0 bridgehead atoms. The Bertz CT molecular complexity index is 330. The lowest BCUT2D eigenvalue weighted by Crippen LogP contribution is -2.46. The third kappa shape index (κ3) is 7.45. The molecule has 0 aromatic carbocycles. The van der Waals surface area contributed by atoms with Gasteiger partial charge >= 0.3 is 0 Å². The van der Waals surface area contributed by atoms with Crippen LogP contribution in [-0.2, 0) is 4.74 Å². The normalized spacial score (nSPS) is 18.5. The van der Waals surface area contributed by atoms with E-state index in [0.29, 0.717) is 5.41 Å². The first-order valence-electron chi connectivity index (χ1n) is 8.59. The molecule has 0 amide bonds. The highest BCUT2D eigenvalue weighted by molar-refractivity contribution is 5.79. The fourth-order valence-electron chi connectivity index (χ4n) is 3.07. The minimum absolute atomic E-state index is 0.159. The molecule has 0 saturated heterocycles. The molecule has 0 aliphatic heterocycles. The van der Waals surface area contributed by atoms with Crippen molar-refractivity contribution >= 4 is 5.96 Å². The van der Waals surface area contributed by atoms with E-state index in [1.54, 1.807) is 7.11 Å². The van der Waals surface area contributed by atoms with Gasteiger partial charge in [-0.15, -0.1) is 0 Å². The topological polar surface area (TPSA) is 57.7 Å². The SMILES string of the molecule is CN=C(NCCNC(C)(C)C)NCC1(CCOC)CCCC1. The van der Waals surface area contributed by atoms with Crippen molar-refractivity contribution in [2.75, 3.05) is 40.4 Å². The fraction of sp³-hybridized carbons (Fsp3) is 0.941. The highest BCUT2D eigenvalue weighted by atomic mass is 16.5. The Morgan fingerprint density at radius 3 is 2.36 bits per heavy atom. The summed E-state index contributed by atoms with van der Waals surface area (Å²) in [4.78, 5) is 4.33. The van der Waals surface area contributed by atoms with Gasteiger partial charge in [-0.1, -0.05) is 12.8 Å². The van der Waals surface area contributed by atoms with Crippen LogP contribution in [0.1, 0.15) is 52.9 Å². The summed E-state index contributed by atoms with van der Waals surface area (Å²) in [5, 5.41) is 10.4. The van der Waals surface area contributed by atoms with Gasteiger partial charge in [0.2, 0.25) is 0 Å². The zero-order valence-electron chi connectivity index (χ0n) is 15.2. The second kappa shape index (κ2) is 9.36. The maximum atomic E-state index is 5.29. The van der Waals surface area contributed by atoms with Crippen molar-refractivity contribution in [1.29, 1.82) is 0 Å². The van der Waals surface area contributed by atoms with Crippen LogP contribution in [0.25, 0.3) is 0 Å². The number of methoxy groups -OCH3 is 1. The maximum absolute atomic E-state index is 5.29. The molecule has 1 fully saturated rings. The summed E-state index contributed by atoms with van der Waals surface area (Å²) < 4.78 is 5.29. The van der Waals surface area contributed by atoms with Gasteiger partial charge < -0.3 is 20.7 Å². The summed E-state index contributed by atoms with van der Waals surface area (Å²) in [6, 6.07) is 0. The lowest BCUT2D eigenvalue weighted by Gasteiger charge is -2.30. The van der Waals surface area contributed by atoms with Crippen molar-refractivity contribution in [3.8, 4) is 0 Å². The minimum atomic E-state index is 0.159. The molecule has 0 aromatic rings. The van der Waals surface area contributed by atoms with Gasteiger partial charge in [0.15, 0.2) is 5.96 Å². The average molecular weight is 313 g/mol. The molecule has 1 saturated carbocycles. The van der Waals surface area contributed by atoms with Gasteiger partial charge in [0.25, 0.3) is 0 Å². The van der Waals surface area contributed by atoms with Crippen LogP contribution in [0.2, 0.25) is 0 Å². The molecule has 0 atom stereocenters. The van der Waals surface area contributed by atoms with E-state index in [0.717, 1.165) is 38.6 Å². The van der Waals surface area contributed by atoms with Gasteiger partial charge in [0.1, 0.15) is 0 Å². The number of nitrogens with one attached hydrogen (secondary N) is 3. The molecule has 0 aromatic heterocycles. The molecule has 1 aliphatic rings. The third-order valence-electron chi connectivity index (χ3n) is 4.43. The summed E-state index contributed by atoms with van der Waals surface area (Å²) in [7, 11) is 3.63. The maximum Gasteiger partial charge on any atom is 0.191 e. The number of aliphatic imine (C=N–C) groups is 1. The summed E-state index contributed by atoms with van der Waals surface area (Å²) in [5.41, 5.74) is 0.546. The molecule has 130 valence electrons. The largest absolute Gasteiger partial charge is 0.385 e. The molecule has 3 N–H and O–H groups in total. The van der Waals surface area contributed by atoms with Gasteiger partial charge in [0, 0.05) is 45.9 Å². The van der Waals surface area contributed by atoms with Crippen molar-refractivity contribution in [1.82, 2.24) is 16.0 Å². The second-order valence-corrected chi connectivity index (χ2v) is 7.48. The molecule has 5 heteroatoms. The lowest BCUT2D eigenvalue weighted by atomic mass is 9.83. The Hall–Kier alpha value is -0.810. The predicted molar refractivity (Wildman–Crippen MR) is 94.5 cm³/mol. The van der Waals surface area contributed by atoms with E-state index < -0.39 is 0 Å². The van der Waals surface area contributed by atoms with Crippen LogP contribution in [0.4, 0.5) is 0 Å². The highest BCUT2D eigenvalue weighted by Gasteiger charge is 2.33. The van der Waals surface area contributed by atoms with Crippen LogP contribution in [0.5, 0.6) is 0 Å². The molecular weight excluding hydrogens is 276 g/mol. The molecule has 0 heterocycles. The van der Waals surface area contributed by atoms with E-state index >= 15 is 0 Å². The highest BCUT2D eigenvalue weighted by Crippen LogP contribution is 2.40. The van der Waals surface area contributed by atoms with Crippen molar-refractivity contribution in [3.63, 3.8) is 0 Å². The molecule has 5 nitrogen and oxygen atoms in total. The smallest absolute Gasteiger partial charge is 0.191 e. The molecule has 0 spiro atoms. The lowest BCUT2D eigenvalue weighted by molar-refractivity contribution is 0.138. The summed E-state index contributed by atoms with van der Waals surface area (Å²) >= 11 is 0. The van der Waals surface area contributed by atoms with Crippen LogP contribution in [0.15, 0.2) is 4.99 Å². The molecule has 1 rings (SSSR count). The molecular formula is C17H36N4O. The fourth-order valence-corrected chi connectivity index (χ4v) is 3.07. The van der Waals surface area contributed by atoms with E-state index in [9.17, 15) is 0 Å². The molecule has 0 radical (unpaired) electrons. The zero-order valence-corrected chi connectivity index (χ0v) is 15.2. The standard InChI is InChI=1S/C17H36N4O/c1-16(2,3)21-12-11-19-15(18-4)20-14-17(10-13-22-5)8-6-7-9-17/h21H,6-14H2,1-5H3,(H2,18,19,20). The molecule has 1 aliphatic carbocycles. The number of hydrogen-bond acceptors (Lipinski definition) is 3. The van der Waals surface area contributed by atoms with Crippen molar-refractivity contribution in [2.45, 2.75) is 58.4 Å². The Labute approximate surface area is 136 Å². The minimum Gasteiger partial charge on any atom is -0.385 e. The first-order valence-corrected chi connectivity index (χ1v) is 8.59. The summed E-state index contributed by atoms with van der Waals surface area (Å²) in [5.74, 6) is 0.902. The van der Waals surface area contributed by atoms with Crippen molar-refractivity contribution in [3.05, 3.63) is 0 Å². The zero-order chi connectivity index (χ0) is 16.5. The summed E-state index contributed by atoms with van der Waals surface area (Å²) in [6.07, 6.45) is 6.41. The van der Waals surface area contributed by atoms with Crippen molar-refractivity contribution < 1.29 is 4.74 Å². The van der Waals surface area contributed by atoms with E-state index in [1.807, 2.05) is 7.05 Å². The Morgan fingerprint density at radius 2 is 1.82 bits per heavy atom. The van der Waals surface area contributed by atoms with Crippen LogP contribution in [0, 0.1) is 5.41 Å². The Balaban J connectivity index is 2.32. The first-order chi connectivity index (χ1) is 10.4. The van der Waals surface area contributed by atoms with Gasteiger partial charge in [-0.05, 0) is 45.4 Å². The number of rotatable bonds is 8. The monoisotopic (exact) mass is 312 g/mol. The number of hydrogen-bond donors (Lipinski definition) is 3. The van der Waals surface area contributed by atoms with E-state index in [-0.39, 0.29) is 5.54 Å². The van der Waals surface area contributed by atoms with E-state index in [4.69, 9.17) is 4.74 Å². The van der Waals surface area contributed by atoms with Crippen LogP contribution in [0.3, 0.4) is 0 Å². The second-order valence-electron chi connectivity index (χ2n) is 7.48. The van der Waals surface area contributed by atoms with Gasteiger partial charge in [0.05, 0.1) is 0 Å². The van der Waals surface area contributed by atoms with E-state index in [2.05, 4.69) is 41.7 Å². The van der Waals surface area contributed by atoms with E-state index in [1.165, 1.54) is 25.7 Å². The van der Waals surface area contributed by atoms with Gasteiger partial charge in [-0.3, -0.25) is 4.99 Å². The van der Waals surface area contributed by atoms with Gasteiger partial charge in [-0.25, -0.2) is 0 Å². The molecule has 22 heavy (non-hydrogen) atoms. The Kier molecular flexibility index (Phi) is 8.18.